The molecule has 7 nitrogen and oxygen atoms in total. The van der Waals surface area contributed by atoms with Gasteiger partial charge in [0, 0.05) is 52.0 Å². The highest BCUT2D eigenvalue weighted by atomic mass is 16.5. The molecule has 1 aromatic rings. The SMILES string of the molecule is COc1ccc(OC2CCN(C(=O)C3CC3)CC2)c(C(=O)N(C)C[C@@H]2CCCCO2)c1. The van der Waals surface area contributed by atoms with E-state index in [0.717, 1.165) is 64.6 Å². The quantitative estimate of drug-likeness (QED) is 0.665. The van der Waals surface area contributed by atoms with E-state index < -0.39 is 0 Å². The van der Waals surface area contributed by atoms with Gasteiger partial charge < -0.3 is 24.0 Å². The minimum Gasteiger partial charge on any atom is -0.497 e. The maximum absolute atomic E-state index is 13.3. The lowest BCUT2D eigenvalue weighted by molar-refractivity contribution is -0.134. The van der Waals surface area contributed by atoms with E-state index in [1.54, 1.807) is 18.1 Å². The van der Waals surface area contributed by atoms with Gasteiger partial charge in [-0.3, -0.25) is 9.59 Å². The molecule has 2 aliphatic heterocycles. The van der Waals surface area contributed by atoms with Crippen LogP contribution in [-0.2, 0) is 9.53 Å². The van der Waals surface area contributed by atoms with E-state index in [4.69, 9.17) is 14.2 Å². The Morgan fingerprint density at radius 2 is 1.90 bits per heavy atom. The fraction of sp³-hybridized carbons (Fsp3) is 0.667. The third-order valence-corrected chi connectivity index (χ3v) is 6.49. The lowest BCUT2D eigenvalue weighted by Crippen LogP contribution is -2.42. The molecule has 1 atom stereocenters. The number of carbonyl (C=O) groups is 2. The molecule has 0 aromatic heterocycles. The fourth-order valence-corrected chi connectivity index (χ4v) is 4.41. The molecule has 2 amide bonds. The Hall–Kier alpha value is -2.28. The lowest BCUT2D eigenvalue weighted by atomic mass is 10.1. The molecule has 2 saturated heterocycles. The van der Waals surface area contributed by atoms with Crippen molar-refractivity contribution in [2.24, 2.45) is 5.92 Å². The summed E-state index contributed by atoms with van der Waals surface area (Å²) in [5.74, 6) is 1.67. The number of rotatable bonds is 7. The second-order valence-corrected chi connectivity index (χ2v) is 8.95. The highest BCUT2D eigenvalue weighted by molar-refractivity contribution is 5.97. The fourth-order valence-electron chi connectivity index (χ4n) is 4.41. The first-order chi connectivity index (χ1) is 15.0. The largest absolute Gasteiger partial charge is 0.497 e. The summed E-state index contributed by atoms with van der Waals surface area (Å²) in [5, 5.41) is 0. The van der Waals surface area contributed by atoms with Crippen LogP contribution in [0.15, 0.2) is 18.2 Å². The Bertz CT molecular complexity index is 780. The van der Waals surface area contributed by atoms with Crippen LogP contribution in [0.1, 0.15) is 55.3 Å². The van der Waals surface area contributed by atoms with Gasteiger partial charge in [0.15, 0.2) is 0 Å². The van der Waals surface area contributed by atoms with Crippen molar-refractivity contribution in [3.8, 4) is 11.5 Å². The van der Waals surface area contributed by atoms with Crippen LogP contribution < -0.4 is 9.47 Å². The average molecular weight is 431 g/mol. The van der Waals surface area contributed by atoms with Crippen molar-refractivity contribution in [1.29, 1.82) is 0 Å². The highest BCUT2D eigenvalue weighted by Gasteiger charge is 2.35. The maximum Gasteiger partial charge on any atom is 0.257 e. The number of hydrogen-bond donors (Lipinski definition) is 0. The first-order valence-corrected chi connectivity index (χ1v) is 11.6. The van der Waals surface area contributed by atoms with Gasteiger partial charge >= 0.3 is 0 Å². The summed E-state index contributed by atoms with van der Waals surface area (Å²) in [6.07, 6.45) is 6.93. The molecule has 3 aliphatic rings. The van der Waals surface area contributed by atoms with Gasteiger partial charge in [0.1, 0.15) is 17.6 Å². The predicted molar refractivity (Wildman–Crippen MR) is 116 cm³/mol. The normalized spacial score (nSPS) is 22.1. The van der Waals surface area contributed by atoms with E-state index >= 15 is 0 Å². The van der Waals surface area contributed by atoms with E-state index in [9.17, 15) is 9.59 Å². The molecule has 2 heterocycles. The van der Waals surface area contributed by atoms with Crippen molar-refractivity contribution in [3.63, 3.8) is 0 Å². The van der Waals surface area contributed by atoms with Crippen LogP contribution in [0.2, 0.25) is 0 Å². The van der Waals surface area contributed by atoms with Crippen molar-refractivity contribution in [1.82, 2.24) is 9.80 Å². The number of methoxy groups -OCH3 is 1. The van der Waals surface area contributed by atoms with E-state index in [1.165, 1.54) is 0 Å². The number of ether oxygens (including phenoxy) is 3. The molecular weight excluding hydrogens is 396 g/mol. The van der Waals surface area contributed by atoms with Gasteiger partial charge in [0.05, 0.1) is 18.8 Å². The monoisotopic (exact) mass is 430 g/mol. The summed E-state index contributed by atoms with van der Waals surface area (Å²) in [6, 6.07) is 5.39. The number of nitrogens with zero attached hydrogens (tertiary/aromatic N) is 2. The van der Waals surface area contributed by atoms with Crippen LogP contribution >= 0.6 is 0 Å². The highest BCUT2D eigenvalue weighted by Crippen LogP contribution is 2.33. The zero-order chi connectivity index (χ0) is 21.8. The molecule has 7 heteroatoms. The zero-order valence-electron chi connectivity index (χ0n) is 18.7. The minimum atomic E-state index is -0.0931. The molecule has 1 aliphatic carbocycles. The molecule has 4 rings (SSSR count). The van der Waals surface area contributed by atoms with E-state index in [2.05, 4.69) is 0 Å². The summed E-state index contributed by atoms with van der Waals surface area (Å²) in [6.45, 7) is 2.77. The van der Waals surface area contributed by atoms with Gasteiger partial charge in [-0.05, 0) is 50.3 Å². The number of likely N-dealkylation sites (N-methyl/N-ethyl adjacent to an activating group) is 1. The number of benzene rings is 1. The molecule has 1 aromatic carbocycles. The van der Waals surface area contributed by atoms with Crippen LogP contribution in [0.25, 0.3) is 0 Å². The molecule has 3 fully saturated rings. The molecule has 0 unspecified atom stereocenters. The lowest BCUT2D eigenvalue weighted by Gasteiger charge is -2.33. The van der Waals surface area contributed by atoms with Crippen LogP contribution in [0.5, 0.6) is 11.5 Å². The topological polar surface area (TPSA) is 68.3 Å². The molecule has 170 valence electrons. The smallest absolute Gasteiger partial charge is 0.257 e. The summed E-state index contributed by atoms with van der Waals surface area (Å²) in [5.41, 5.74) is 0.508. The first kappa shape index (κ1) is 21.9. The third kappa shape index (κ3) is 5.50. The zero-order valence-corrected chi connectivity index (χ0v) is 18.7. The van der Waals surface area contributed by atoms with Crippen LogP contribution in [0, 0.1) is 5.92 Å². The number of amides is 2. The number of piperidine rings is 1. The van der Waals surface area contributed by atoms with Crippen molar-refractivity contribution in [2.45, 2.75) is 57.2 Å². The first-order valence-electron chi connectivity index (χ1n) is 11.6. The Kier molecular flexibility index (Phi) is 7.00. The third-order valence-electron chi connectivity index (χ3n) is 6.49. The summed E-state index contributed by atoms with van der Waals surface area (Å²) >= 11 is 0. The minimum absolute atomic E-state index is 0.00446. The maximum atomic E-state index is 13.3. The molecule has 1 saturated carbocycles. The van der Waals surface area contributed by atoms with Gasteiger partial charge in [0.25, 0.3) is 5.91 Å². The Morgan fingerprint density at radius 3 is 2.55 bits per heavy atom. The van der Waals surface area contributed by atoms with Gasteiger partial charge in [0.2, 0.25) is 5.91 Å². The number of hydrogen-bond acceptors (Lipinski definition) is 5. The Morgan fingerprint density at radius 1 is 1.13 bits per heavy atom. The second-order valence-electron chi connectivity index (χ2n) is 8.95. The predicted octanol–water partition coefficient (Wildman–Crippen LogP) is 3.12. The molecule has 0 spiro atoms. The Labute approximate surface area is 184 Å². The second kappa shape index (κ2) is 9.90. The molecule has 0 radical (unpaired) electrons. The van der Waals surface area contributed by atoms with Gasteiger partial charge in [-0.15, -0.1) is 0 Å². The van der Waals surface area contributed by atoms with Crippen LogP contribution in [-0.4, -0.2) is 74.2 Å². The van der Waals surface area contributed by atoms with Gasteiger partial charge in [-0.25, -0.2) is 0 Å². The van der Waals surface area contributed by atoms with Crippen molar-refractivity contribution in [2.75, 3.05) is 40.4 Å². The molecule has 31 heavy (non-hydrogen) atoms. The van der Waals surface area contributed by atoms with Crippen LogP contribution in [0.3, 0.4) is 0 Å². The summed E-state index contributed by atoms with van der Waals surface area (Å²) < 4.78 is 17.4. The average Bonchev–Trinajstić information content (AvgIpc) is 3.65. The molecule has 0 N–H and O–H groups in total. The summed E-state index contributed by atoms with van der Waals surface area (Å²) in [7, 11) is 3.40. The van der Waals surface area contributed by atoms with Gasteiger partial charge in [-0.1, -0.05) is 0 Å². The van der Waals surface area contributed by atoms with E-state index in [1.807, 2.05) is 24.1 Å². The molecular formula is C24H34N2O5. The summed E-state index contributed by atoms with van der Waals surface area (Å²) in [4.78, 5) is 29.2. The molecule has 0 bridgehead atoms. The van der Waals surface area contributed by atoms with Crippen LogP contribution in [0.4, 0.5) is 0 Å². The van der Waals surface area contributed by atoms with Crippen molar-refractivity contribution < 1.29 is 23.8 Å². The van der Waals surface area contributed by atoms with E-state index in [-0.39, 0.29) is 24.0 Å². The van der Waals surface area contributed by atoms with Crippen molar-refractivity contribution in [3.05, 3.63) is 23.8 Å². The number of likely N-dealkylation sites (tertiary alicyclic amines) is 1. The van der Waals surface area contributed by atoms with Crippen molar-refractivity contribution >= 4 is 11.8 Å². The Balaban J connectivity index is 1.40. The standard InChI is InChI=1S/C24H34N2O5/c1-25(16-20-5-3-4-14-30-20)24(28)21-15-19(29-2)8-9-22(21)31-18-10-12-26(13-11-18)23(27)17-6-7-17/h8-9,15,17-18,20H,3-7,10-14,16H2,1-2H3/t20-/m0/s1. The number of carbonyl (C=O) groups excluding carboxylic acids is 2. The van der Waals surface area contributed by atoms with Gasteiger partial charge in [-0.2, -0.15) is 0 Å². The van der Waals surface area contributed by atoms with E-state index in [0.29, 0.717) is 29.5 Å².